The van der Waals surface area contributed by atoms with Gasteiger partial charge in [0.2, 0.25) is 5.95 Å². The van der Waals surface area contributed by atoms with Crippen molar-refractivity contribution < 1.29 is 4.74 Å². The Kier molecular flexibility index (Phi) is 6.42. The zero-order chi connectivity index (χ0) is 12.5. The van der Waals surface area contributed by atoms with Gasteiger partial charge < -0.3 is 15.4 Å². The number of thiocarbonyl (C=S) groups is 1. The molecular formula is C11H18N4OS. The molecular weight excluding hydrogens is 236 g/mol. The van der Waals surface area contributed by atoms with Crippen LogP contribution in [0.5, 0.6) is 0 Å². The Labute approximate surface area is 107 Å². The summed E-state index contributed by atoms with van der Waals surface area (Å²) in [5, 5.41) is 6.54. The average Bonchev–Trinajstić information content (AvgIpc) is 2.29. The molecule has 0 amide bonds. The standard InChI is InChI=1S/C11H18N4OS/c1-3-16-8-4-6-13-11(17)15-10-12-7-5-9(2)14-10/h5,7H,3-4,6,8H2,1-2H3,(H2,12,13,14,15,17). The second-order valence-electron chi connectivity index (χ2n) is 3.45. The molecule has 17 heavy (non-hydrogen) atoms. The lowest BCUT2D eigenvalue weighted by atomic mass is 10.4. The molecule has 6 heteroatoms. The first kappa shape index (κ1) is 13.8. The van der Waals surface area contributed by atoms with Crippen LogP contribution in [0.15, 0.2) is 12.3 Å². The highest BCUT2D eigenvalue weighted by Gasteiger charge is 1.99. The normalized spacial score (nSPS) is 10.0. The summed E-state index contributed by atoms with van der Waals surface area (Å²) in [6, 6.07) is 1.84. The molecule has 1 aromatic heterocycles. The molecule has 1 aromatic rings. The van der Waals surface area contributed by atoms with Gasteiger partial charge in [-0.1, -0.05) is 0 Å². The highest BCUT2D eigenvalue weighted by Crippen LogP contribution is 1.98. The number of anilines is 1. The van der Waals surface area contributed by atoms with Crippen molar-refractivity contribution in [1.29, 1.82) is 0 Å². The summed E-state index contributed by atoms with van der Waals surface area (Å²) in [5.74, 6) is 0.521. The van der Waals surface area contributed by atoms with Gasteiger partial charge >= 0.3 is 0 Å². The third kappa shape index (κ3) is 6.13. The molecule has 0 unspecified atom stereocenters. The van der Waals surface area contributed by atoms with E-state index in [4.69, 9.17) is 17.0 Å². The fraction of sp³-hybridized carbons (Fsp3) is 0.545. The van der Waals surface area contributed by atoms with E-state index in [9.17, 15) is 0 Å². The average molecular weight is 254 g/mol. The highest BCUT2D eigenvalue weighted by molar-refractivity contribution is 7.80. The number of nitrogens with one attached hydrogen (secondary N) is 2. The first-order chi connectivity index (χ1) is 8.22. The minimum absolute atomic E-state index is 0.521. The van der Waals surface area contributed by atoms with Gasteiger partial charge in [-0.2, -0.15) is 0 Å². The van der Waals surface area contributed by atoms with Crippen molar-refractivity contribution in [2.45, 2.75) is 20.3 Å². The molecule has 5 nitrogen and oxygen atoms in total. The van der Waals surface area contributed by atoms with Crippen LogP contribution in [-0.4, -0.2) is 34.8 Å². The molecule has 94 valence electrons. The molecule has 0 aromatic carbocycles. The molecule has 0 radical (unpaired) electrons. The number of hydrogen-bond acceptors (Lipinski definition) is 4. The van der Waals surface area contributed by atoms with Crippen molar-refractivity contribution in [1.82, 2.24) is 15.3 Å². The predicted molar refractivity (Wildman–Crippen MR) is 72.1 cm³/mol. The van der Waals surface area contributed by atoms with E-state index >= 15 is 0 Å². The molecule has 1 rings (SSSR count). The fourth-order valence-corrected chi connectivity index (χ4v) is 1.37. The predicted octanol–water partition coefficient (Wildman–Crippen LogP) is 1.50. The van der Waals surface area contributed by atoms with E-state index < -0.39 is 0 Å². The maximum Gasteiger partial charge on any atom is 0.229 e. The molecule has 0 aliphatic carbocycles. The van der Waals surface area contributed by atoms with E-state index in [-0.39, 0.29) is 0 Å². The lowest BCUT2D eigenvalue weighted by Crippen LogP contribution is -2.30. The van der Waals surface area contributed by atoms with Crippen LogP contribution in [0.3, 0.4) is 0 Å². The van der Waals surface area contributed by atoms with E-state index in [0.29, 0.717) is 11.1 Å². The van der Waals surface area contributed by atoms with Gasteiger partial charge in [0.15, 0.2) is 5.11 Å². The monoisotopic (exact) mass is 254 g/mol. The minimum Gasteiger partial charge on any atom is -0.382 e. The van der Waals surface area contributed by atoms with Crippen LogP contribution in [0.25, 0.3) is 0 Å². The molecule has 0 bridgehead atoms. The van der Waals surface area contributed by atoms with Gasteiger partial charge in [-0.3, -0.25) is 0 Å². The lowest BCUT2D eigenvalue weighted by molar-refractivity contribution is 0.146. The number of rotatable bonds is 6. The number of ether oxygens (including phenoxy) is 1. The van der Waals surface area contributed by atoms with E-state index in [1.807, 2.05) is 19.9 Å². The smallest absolute Gasteiger partial charge is 0.229 e. The Morgan fingerprint density at radius 3 is 3.06 bits per heavy atom. The zero-order valence-corrected chi connectivity index (χ0v) is 11.0. The van der Waals surface area contributed by atoms with Crippen molar-refractivity contribution in [2.75, 3.05) is 25.1 Å². The molecule has 0 saturated carbocycles. The first-order valence-electron chi connectivity index (χ1n) is 5.64. The minimum atomic E-state index is 0.521. The largest absolute Gasteiger partial charge is 0.382 e. The van der Waals surface area contributed by atoms with Crippen LogP contribution < -0.4 is 10.6 Å². The molecule has 0 saturated heterocycles. The van der Waals surface area contributed by atoms with Crippen LogP contribution in [-0.2, 0) is 4.74 Å². The summed E-state index contributed by atoms with van der Waals surface area (Å²) in [7, 11) is 0. The van der Waals surface area contributed by atoms with E-state index in [1.165, 1.54) is 0 Å². The summed E-state index contributed by atoms with van der Waals surface area (Å²) >= 11 is 5.11. The molecule has 0 fully saturated rings. The molecule has 2 N–H and O–H groups in total. The third-order valence-electron chi connectivity index (χ3n) is 1.98. The molecule has 0 aliphatic heterocycles. The van der Waals surface area contributed by atoms with Crippen LogP contribution in [0.2, 0.25) is 0 Å². The Morgan fingerprint density at radius 2 is 2.35 bits per heavy atom. The second-order valence-corrected chi connectivity index (χ2v) is 3.86. The Hall–Kier alpha value is -1.27. The Balaban J connectivity index is 2.21. The number of aryl methyl sites for hydroxylation is 1. The number of aromatic nitrogens is 2. The van der Waals surface area contributed by atoms with Crippen molar-refractivity contribution in [3.63, 3.8) is 0 Å². The molecule has 0 spiro atoms. The van der Waals surface area contributed by atoms with Gasteiger partial charge in [-0.05, 0) is 38.6 Å². The van der Waals surface area contributed by atoms with Gasteiger partial charge in [0.25, 0.3) is 0 Å². The molecule has 0 atom stereocenters. The van der Waals surface area contributed by atoms with Crippen LogP contribution >= 0.6 is 12.2 Å². The summed E-state index contributed by atoms with van der Waals surface area (Å²) in [6.45, 7) is 6.16. The molecule has 1 heterocycles. The topological polar surface area (TPSA) is 59.1 Å². The Morgan fingerprint density at radius 1 is 1.53 bits per heavy atom. The van der Waals surface area contributed by atoms with Crippen molar-refractivity contribution >= 4 is 23.3 Å². The van der Waals surface area contributed by atoms with Crippen molar-refractivity contribution in [3.05, 3.63) is 18.0 Å². The fourth-order valence-electron chi connectivity index (χ4n) is 1.18. The second kappa shape index (κ2) is 7.92. The first-order valence-corrected chi connectivity index (χ1v) is 6.05. The summed E-state index contributed by atoms with van der Waals surface area (Å²) in [4.78, 5) is 8.26. The number of nitrogens with zero attached hydrogens (tertiary/aromatic N) is 2. The quantitative estimate of drug-likeness (QED) is 0.592. The van der Waals surface area contributed by atoms with Gasteiger partial charge in [0.05, 0.1) is 0 Å². The van der Waals surface area contributed by atoms with Crippen LogP contribution in [0.4, 0.5) is 5.95 Å². The third-order valence-corrected chi connectivity index (χ3v) is 2.22. The maximum atomic E-state index is 5.22. The highest BCUT2D eigenvalue weighted by atomic mass is 32.1. The van der Waals surface area contributed by atoms with E-state index in [0.717, 1.165) is 31.9 Å². The zero-order valence-electron chi connectivity index (χ0n) is 10.2. The lowest BCUT2D eigenvalue weighted by Gasteiger charge is -2.09. The van der Waals surface area contributed by atoms with E-state index in [1.54, 1.807) is 6.20 Å². The van der Waals surface area contributed by atoms with Crippen molar-refractivity contribution in [2.24, 2.45) is 0 Å². The SMILES string of the molecule is CCOCCCNC(=S)Nc1nccc(C)n1. The number of hydrogen-bond donors (Lipinski definition) is 2. The van der Waals surface area contributed by atoms with Gasteiger partial charge in [0, 0.05) is 31.6 Å². The summed E-state index contributed by atoms with van der Waals surface area (Å²) in [6.07, 6.45) is 2.62. The van der Waals surface area contributed by atoms with Gasteiger partial charge in [-0.25, -0.2) is 9.97 Å². The van der Waals surface area contributed by atoms with Gasteiger partial charge in [0.1, 0.15) is 0 Å². The maximum absolute atomic E-state index is 5.22. The van der Waals surface area contributed by atoms with Crippen LogP contribution in [0, 0.1) is 6.92 Å². The van der Waals surface area contributed by atoms with E-state index in [2.05, 4.69) is 20.6 Å². The van der Waals surface area contributed by atoms with Crippen LogP contribution in [0.1, 0.15) is 19.0 Å². The van der Waals surface area contributed by atoms with Gasteiger partial charge in [-0.15, -0.1) is 0 Å². The Bertz CT molecular complexity index is 359. The summed E-state index contributed by atoms with van der Waals surface area (Å²) < 4.78 is 5.22. The molecule has 0 aliphatic rings. The summed E-state index contributed by atoms with van der Waals surface area (Å²) in [5.41, 5.74) is 0.904. The van der Waals surface area contributed by atoms with Crippen molar-refractivity contribution in [3.8, 4) is 0 Å².